The normalized spacial score (nSPS) is 20.2. The van der Waals surface area contributed by atoms with Crippen molar-refractivity contribution < 1.29 is 14.5 Å². The van der Waals surface area contributed by atoms with Gasteiger partial charge in [-0.3, -0.25) is 19.7 Å². The lowest BCUT2D eigenvalue weighted by molar-refractivity contribution is -0.380. The van der Waals surface area contributed by atoms with Gasteiger partial charge in [0.15, 0.2) is 5.78 Å². The molecule has 1 aliphatic carbocycles. The van der Waals surface area contributed by atoms with Crippen LogP contribution in [0.15, 0.2) is 11.4 Å². The van der Waals surface area contributed by atoms with Gasteiger partial charge < -0.3 is 0 Å². The zero-order chi connectivity index (χ0) is 12.4. The second-order valence-electron chi connectivity index (χ2n) is 4.13. The Morgan fingerprint density at radius 2 is 2.29 bits per heavy atom. The lowest BCUT2D eigenvalue weighted by Gasteiger charge is -2.18. The minimum atomic E-state index is -0.506. The maximum absolute atomic E-state index is 12.0. The number of hydrogen-bond donors (Lipinski definition) is 0. The van der Waals surface area contributed by atoms with E-state index in [0.29, 0.717) is 18.4 Å². The van der Waals surface area contributed by atoms with E-state index in [0.717, 1.165) is 17.8 Å². The third-order valence-corrected chi connectivity index (χ3v) is 3.78. The SMILES string of the molecule is O=C1CCCC(C(=O)c2csc([N+](=O)[O-])c2)C1. The molecule has 0 saturated heterocycles. The molecule has 17 heavy (non-hydrogen) atoms. The van der Waals surface area contributed by atoms with E-state index in [1.807, 2.05) is 0 Å². The zero-order valence-corrected chi connectivity index (χ0v) is 9.87. The van der Waals surface area contributed by atoms with Crippen molar-refractivity contribution >= 4 is 27.9 Å². The van der Waals surface area contributed by atoms with Crippen LogP contribution in [0.1, 0.15) is 36.0 Å². The van der Waals surface area contributed by atoms with Crippen LogP contribution in [-0.2, 0) is 4.79 Å². The Morgan fingerprint density at radius 1 is 1.53 bits per heavy atom. The van der Waals surface area contributed by atoms with Crippen molar-refractivity contribution in [2.45, 2.75) is 25.7 Å². The van der Waals surface area contributed by atoms with Crippen LogP contribution in [0, 0.1) is 16.0 Å². The highest BCUT2D eigenvalue weighted by molar-refractivity contribution is 7.13. The predicted octanol–water partition coefficient (Wildman–Crippen LogP) is 2.60. The van der Waals surface area contributed by atoms with Gasteiger partial charge in [0.1, 0.15) is 5.78 Å². The molecule has 90 valence electrons. The summed E-state index contributed by atoms with van der Waals surface area (Å²) in [7, 11) is 0. The van der Waals surface area contributed by atoms with Crippen molar-refractivity contribution in [3.63, 3.8) is 0 Å². The number of hydrogen-bond acceptors (Lipinski definition) is 5. The number of Topliss-reactive ketones (excluding diaryl/α,β-unsaturated/α-hetero) is 2. The van der Waals surface area contributed by atoms with E-state index in [-0.39, 0.29) is 28.9 Å². The largest absolute Gasteiger partial charge is 0.324 e. The minimum Gasteiger partial charge on any atom is -0.300 e. The van der Waals surface area contributed by atoms with E-state index >= 15 is 0 Å². The molecule has 0 amide bonds. The lowest BCUT2D eigenvalue weighted by atomic mass is 9.84. The average molecular weight is 253 g/mol. The summed E-state index contributed by atoms with van der Waals surface area (Å²) in [6, 6.07) is 1.30. The summed E-state index contributed by atoms with van der Waals surface area (Å²) < 4.78 is 0. The first kappa shape index (κ1) is 11.9. The van der Waals surface area contributed by atoms with E-state index in [2.05, 4.69) is 0 Å². The van der Waals surface area contributed by atoms with Crippen LogP contribution in [0.25, 0.3) is 0 Å². The van der Waals surface area contributed by atoms with Crippen LogP contribution in [0.3, 0.4) is 0 Å². The topological polar surface area (TPSA) is 77.3 Å². The Morgan fingerprint density at radius 3 is 2.88 bits per heavy atom. The summed E-state index contributed by atoms with van der Waals surface area (Å²) in [4.78, 5) is 33.3. The van der Waals surface area contributed by atoms with E-state index in [1.165, 1.54) is 11.4 Å². The summed E-state index contributed by atoms with van der Waals surface area (Å²) in [5.74, 6) is -0.313. The molecular weight excluding hydrogens is 242 g/mol. The van der Waals surface area contributed by atoms with Crippen LogP contribution in [-0.4, -0.2) is 16.5 Å². The Bertz CT molecular complexity index is 480. The Labute approximate surface area is 102 Å². The quantitative estimate of drug-likeness (QED) is 0.471. The van der Waals surface area contributed by atoms with Gasteiger partial charge in [0, 0.05) is 35.8 Å². The van der Waals surface area contributed by atoms with Crippen LogP contribution in [0.5, 0.6) is 0 Å². The monoisotopic (exact) mass is 253 g/mol. The molecule has 2 rings (SSSR count). The highest BCUT2D eigenvalue weighted by atomic mass is 32.1. The van der Waals surface area contributed by atoms with Gasteiger partial charge in [0.25, 0.3) is 0 Å². The van der Waals surface area contributed by atoms with Gasteiger partial charge in [-0.05, 0) is 12.8 Å². The summed E-state index contributed by atoms with van der Waals surface area (Å²) in [5.41, 5.74) is 0.362. The summed E-state index contributed by atoms with van der Waals surface area (Å²) in [6.07, 6.45) is 2.27. The Balaban J connectivity index is 2.13. The fourth-order valence-electron chi connectivity index (χ4n) is 2.03. The number of nitro groups is 1. The Hall–Kier alpha value is -1.56. The molecule has 1 heterocycles. The van der Waals surface area contributed by atoms with Crippen molar-refractivity contribution in [3.05, 3.63) is 27.1 Å². The number of nitrogens with zero attached hydrogens (tertiary/aromatic N) is 1. The molecule has 5 nitrogen and oxygen atoms in total. The van der Waals surface area contributed by atoms with Gasteiger partial charge in [-0.25, -0.2) is 0 Å². The average Bonchev–Trinajstić information content (AvgIpc) is 2.77. The van der Waals surface area contributed by atoms with Gasteiger partial charge >= 0.3 is 5.00 Å². The van der Waals surface area contributed by atoms with Crippen molar-refractivity contribution in [1.29, 1.82) is 0 Å². The Kier molecular flexibility index (Phi) is 3.33. The van der Waals surface area contributed by atoms with Crippen molar-refractivity contribution in [1.82, 2.24) is 0 Å². The third-order valence-electron chi connectivity index (χ3n) is 2.90. The van der Waals surface area contributed by atoms with Gasteiger partial charge in [-0.1, -0.05) is 11.3 Å². The maximum atomic E-state index is 12.0. The smallest absolute Gasteiger partial charge is 0.300 e. The molecule has 0 bridgehead atoms. The first-order valence-corrected chi connectivity index (χ1v) is 6.24. The van der Waals surface area contributed by atoms with Crippen LogP contribution in [0.2, 0.25) is 0 Å². The highest BCUT2D eigenvalue weighted by Crippen LogP contribution is 2.29. The highest BCUT2D eigenvalue weighted by Gasteiger charge is 2.28. The number of carbonyl (C=O) groups is 2. The first-order valence-electron chi connectivity index (χ1n) is 5.37. The molecule has 0 spiro atoms. The second kappa shape index (κ2) is 4.75. The van der Waals surface area contributed by atoms with Gasteiger partial charge in [0.05, 0.1) is 4.92 Å². The number of ketones is 2. The maximum Gasteiger partial charge on any atom is 0.324 e. The molecular formula is C11H11NO4S. The molecule has 1 fully saturated rings. The molecule has 0 N–H and O–H groups in total. The fourth-order valence-corrected chi connectivity index (χ4v) is 2.75. The standard InChI is InChI=1S/C11H11NO4S/c13-9-3-1-2-7(4-9)11(14)8-5-10(12(15)16)17-6-8/h5-7H,1-4H2. The van der Waals surface area contributed by atoms with Crippen molar-refractivity contribution in [2.75, 3.05) is 0 Å². The third kappa shape index (κ3) is 2.58. The molecule has 1 aromatic rings. The van der Waals surface area contributed by atoms with Crippen LogP contribution in [0.4, 0.5) is 5.00 Å². The van der Waals surface area contributed by atoms with Gasteiger partial charge in [-0.2, -0.15) is 0 Å². The summed E-state index contributed by atoms with van der Waals surface area (Å²) in [5, 5.41) is 12.0. The van der Waals surface area contributed by atoms with Crippen LogP contribution < -0.4 is 0 Å². The molecule has 1 unspecified atom stereocenters. The zero-order valence-electron chi connectivity index (χ0n) is 9.05. The first-order chi connectivity index (χ1) is 8.08. The number of thiophene rings is 1. The van der Waals surface area contributed by atoms with Crippen LogP contribution >= 0.6 is 11.3 Å². The molecule has 0 aliphatic heterocycles. The molecule has 1 aliphatic rings. The molecule has 0 aromatic carbocycles. The summed E-state index contributed by atoms with van der Waals surface area (Å²) >= 11 is 0.946. The number of carbonyl (C=O) groups excluding carboxylic acids is 2. The second-order valence-corrected chi connectivity index (χ2v) is 5.02. The molecule has 1 aromatic heterocycles. The molecule has 0 radical (unpaired) electrons. The van der Waals surface area contributed by atoms with E-state index in [1.54, 1.807) is 0 Å². The van der Waals surface area contributed by atoms with Gasteiger partial charge in [-0.15, -0.1) is 0 Å². The van der Waals surface area contributed by atoms with Gasteiger partial charge in [0.2, 0.25) is 0 Å². The molecule has 1 saturated carbocycles. The predicted molar refractivity (Wildman–Crippen MR) is 62.3 cm³/mol. The lowest BCUT2D eigenvalue weighted by Crippen LogP contribution is -2.22. The molecule has 6 heteroatoms. The fraction of sp³-hybridized carbons (Fsp3) is 0.455. The van der Waals surface area contributed by atoms with E-state index < -0.39 is 4.92 Å². The van der Waals surface area contributed by atoms with E-state index in [4.69, 9.17) is 0 Å². The van der Waals surface area contributed by atoms with Crippen molar-refractivity contribution in [2.24, 2.45) is 5.92 Å². The number of rotatable bonds is 3. The summed E-state index contributed by atoms with van der Waals surface area (Å²) in [6.45, 7) is 0. The van der Waals surface area contributed by atoms with E-state index in [9.17, 15) is 19.7 Å². The van der Waals surface area contributed by atoms with Crippen molar-refractivity contribution in [3.8, 4) is 0 Å². The molecule has 1 atom stereocenters. The minimum absolute atomic E-state index is 0.0320.